The van der Waals surface area contributed by atoms with Gasteiger partial charge in [-0.15, -0.1) is 11.6 Å². The van der Waals surface area contributed by atoms with E-state index in [1.165, 1.54) is 12.1 Å². The van der Waals surface area contributed by atoms with Crippen molar-refractivity contribution in [3.63, 3.8) is 0 Å². The van der Waals surface area contributed by atoms with Gasteiger partial charge in [0, 0.05) is 5.88 Å². The van der Waals surface area contributed by atoms with E-state index in [0.717, 1.165) is 12.0 Å². The van der Waals surface area contributed by atoms with E-state index >= 15 is 0 Å². The van der Waals surface area contributed by atoms with Crippen molar-refractivity contribution in [1.29, 1.82) is 0 Å². The van der Waals surface area contributed by atoms with Crippen LogP contribution in [0.25, 0.3) is 0 Å². The van der Waals surface area contributed by atoms with Gasteiger partial charge < -0.3 is 4.52 Å². The topological polar surface area (TPSA) is 85.1 Å². The molecule has 8 heteroatoms. The molecule has 1 aromatic heterocycles. The summed E-state index contributed by atoms with van der Waals surface area (Å²) in [6.45, 7) is -0.0239. The molecule has 1 N–H and O–H groups in total. The molecule has 0 saturated carbocycles. The molecule has 6 nitrogen and oxygen atoms in total. The van der Waals surface area contributed by atoms with Gasteiger partial charge in [-0.3, -0.25) is 0 Å². The lowest BCUT2D eigenvalue weighted by Crippen LogP contribution is -2.23. The number of sulfonamides is 1. The Hall–Kier alpha value is -1.44. The summed E-state index contributed by atoms with van der Waals surface area (Å²) in [6.07, 6.45) is 1.14. The molecular formula is C10H10ClN3O3S. The monoisotopic (exact) mass is 287 g/mol. The van der Waals surface area contributed by atoms with Crippen LogP contribution in [0.4, 0.5) is 0 Å². The second-order valence-electron chi connectivity index (χ2n) is 3.45. The second kappa shape index (κ2) is 5.47. The number of halogens is 1. The van der Waals surface area contributed by atoms with Gasteiger partial charge in [0.1, 0.15) is 0 Å². The minimum absolute atomic E-state index is 0.0239. The van der Waals surface area contributed by atoms with E-state index in [4.69, 9.17) is 11.6 Å². The molecule has 1 aromatic carbocycles. The molecule has 0 aliphatic carbocycles. The highest BCUT2D eigenvalue weighted by Crippen LogP contribution is 2.13. The SMILES string of the molecule is O=S(=O)(NCc1ncon1)c1cccc(CCl)c1. The Morgan fingerprint density at radius 3 is 2.89 bits per heavy atom. The molecule has 0 amide bonds. The van der Waals surface area contributed by atoms with E-state index in [1.54, 1.807) is 12.1 Å². The van der Waals surface area contributed by atoms with E-state index in [-0.39, 0.29) is 23.1 Å². The molecule has 0 bridgehead atoms. The van der Waals surface area contributed by atoms with Crippen LogP contribution in [0.15, 0.2) is 40.1 Å². The van der Waals surface area contributed by atoms with Crippen molar-refractivity contribution in [2.75, 3.05) is 0 Å². The molecular weight excluding hydrogens is 278 g/mol. The highest BCUT2D eigenvalue weighted by molar-refractivity contribution is 7.89. The third-order valence-electron chi connectivity index (χ3n) is 2.19. The highest BCUT2D eigenvalue weighted by Gasteiger charge is 2.14. The summed E-state index contributed by atoms with van der Waals surface area (Å²) in [5.74, 6) is 0.529. The van der Waals surface area contributed by atoms with E-state index in [0.29, 0.717) is 0 Å². The minimum Gasteiger partial charge on any atom is -0.343 e. The smallest absolute Gasteiger partial charge is 0.240 e. The average Bonchev–Trinajstić information content (AvgIpc) is 2.90. The van der Waals surface area contributed by atoms with Crippen molar-refractivity contribution < 1.29 is 12.9 Å². The molecule has 0 unspecified atom stereocenters. The van der Waals surface area contributed by atoms with Crippen LogP contribution in [0.2, 0.25) is 0 Å². The van der Waals surface area contributed by atoms with Crippen LogP contribution in [0.5, 0.6) is 0 Å². The molecule has 0 spiro atoms. The van der Waals surface area contributed by atoms with Crippen LogP contribution in [0.1, 0.15) is 11.4 Å². The van der Waals surface area contributed by atoms with Crippen LogP contribution < -0.4 is 4.72 Å². The fraction of sp³-hybridized carbons (Fsp3) is 0.200. The summed E-state index contributed by atoms with van der Waals surface area (Å²) >= 11 is 5.66. The predicted octanol–water partition coefficient (Wildman–Crippen LogP) is 1.29. The first-order valence-corrected chi connectivity index (χ1v) is 7.03. The van der Waals surface area contributed by atoms with Crippen LogP contribution in [-0.4, -0.2) is 18.6 Å². The quantitative estimate of drug-likeness (QED) is 0.838. The number of hydrogen-bond donors (Lipinski definition) is 1. The molecule has 18 heavy (non-hydrogen) atoms. The van der Waals surface area contributed by atoms with Crippen molar-refractivity contribution in [1.82, 2.24) is 14.9 Å². The van der Waals surface area contributed by atoms with Gasteiger partial charge in [0.05, 0.1) is 11.4 Å². The molecule has 0 aliphatic heterocycles. The van der Waals surface area contributed by atoms with Crippen LogP contribution >= 0.6 is 11.6 Å². The minimum atomic E-state index is -3.60. The number of alkyl halides is 1. The summed E-state index contributed by atoms with van der Waals surface area (Å²) in [5.41, 5.74) is 0.735. The summed E-state index contributed by atoms with van der Waals surface area (Å²) in [5, 5.41) is 3.51. The van der Waals surface area contributed by atoms with Gasteiger partial charge in [0.15, 0.2) is 5.82 Å². The van der Waals surface area contributed by atoms with E-state index in [2.05, 4.69) is 19.4 Å². The number of rotatable bonds is 5. The Balaban J connectivity index is 2.14. The Labute approximate surface area is 109 Å². The Morgan fingerprint density at radius 1 is 1.39 bits per heavy atom. The summed E-state index contributed by atoms with van der Waals surface area (Å²) in [6, 6.07) is 6.41. The summed E-state index contributed by atoms with van der Waals surface area (Å²) in [4.78, 5) is 3.88. The molecule has 1 heterocycles. The van der Waals surface area contributed by atoms with Gasteiger partial charge in [0.2, 0.25) is 16.4 Å². The van der Waals surface area contributed by atoms with Crippen molar-refractivity contribution >= 4 is 21.6 Å². The molecule has 0 radical (unpaired) electrons. The van der Waals surface area contributed by atoms with E-state index in [9.17, 15) is 8.42 Å². The first-order valence-electron chi connectivity index (χ1n) is 5.01. The molecule has 0 atom stereocenters. The standard InChI is InChI=1S/C10H10ClN3O3S/c11-5-8-2-1-3-9(4-8)18(15,16)13-6-10-12-7-17-14-10/h1-4,7,13H,5-6H2. The average molecular weight is 288 g/mol. The highest BCUT2D eigenvalue weighted by atomic mass is 35.5. The molecule has 0 saturated heterocycles. The van der Waals surface area contributed by atoms with E-state index in [1.807, 2.05) is 0 Å². The fourth-order valence-electron chi connectivity index (χ4n) is 1.31. The summed E-state index contributed by atoms with van der Waals surface area (Å²) in [7, 11) is -3.60. The molecule has 0 fully saturated rings. The number of nitrogens with one attached hydrogen (secondary N) is 1. The third-order valence-corrected chi connectivity index (χ3v) is 3.90. The van der Waals surface area contributed by atoms with Gasteiger partial charge in [-0.25, -0.2) is 13.1 Å². The lowest BCUT2D eigenvalue weighted by atomic mass is 10.2. The Kier molecular flexibility index (Phi) is 3.95. The molecule has 96 valence electrons. The summed E-state index contributed by atoms with van der Waals surface area (Å²) < 4.78 is 30.8. The van der Waals surface area contributed by atoms with Crippen molar-refractivity contribution in [3.05, 3.63) is 42.0 Å². The number of hydrogen-bond acceptors (Lipinski definition) is 5. The number of aromatic nitrogens is 2. The zero-order valence-electron chi connectivity index (χ0n) is 9.21. The molecule has 0 aliphatic rings. The normalized spacial score (nSPS) is 11.6. The van der Waals surface area contributed by atoms with Crippen molar-refractivity contribution in [2.45, 2.75) is 17.3 Å². The van der Waals surface area contributed by atoms with Crippen LogP contribution in [0.3, 0.4) is 0 Å². The fourth-order valence-corrected chi connectivity index (χ4v) is 2.53. The van der Waals surface area contributed by atoms with Crippen LogP contribution in [-0.2, 0) is 22.4 Å². The van der Waals surface area contributed by atoms with Gasteiger partial charge in [-0.05, 0) is 17.7 Å². The first-order chi connectivity index (χ1) is 8.62. The zero-order chi connectivity index (χ0) is 13.0. The van der Waals surface area contributed by atoms with Gasteiger partial charge in [-0.2, -0.15) is 4.98 Å². The maximum atomic E-state index is 12.0. The van der Waals surface area contributed by atoms with Gasteiger partial charge in [-0.1, -0.05) is 17.3 Å². The van der Waals surface area contributed by atoms with Gasteiger partial charge in [0.25, 0.3) is 0 Å². The third kappa shape index (κ3) is 3.06. The van der Waals surface area contributed by atoms with Gasteiger partial charge >= 0.3 is 0 Å². The predicted molar refractivity (Wildman–Crippen MR) is 64.3 cm³/mol. The van der Waals surface area contributed by atoms with Crippen molar-refractivity contribution in [2.24, 2.45) is 0 Å². The first kappa shape index (κ1) is 13.0. The second-order valence-corrected chi connectivity index (χ2v) is 5.49. The lowest BCUT2D eigenvalue weighted by molar-refractivity contribution is 0.409. The largest absolute Gasteiger partial charge is 0.343 e. The maximum Gasteiger partial charge on any atom is 0.240 e. The zero-order valence-corrected chi connectivity index (χ0v) is 10.8. The maximum absolute atomic E-state index is 12.0. The molecule has 2 aromatic rings. The van der Waals surface area contributed by atoms with Crippen LogP contribution in [0, 0.1) is 0 Å². The molecule has 2 rings (SSSR count). The Morgan fingerprint density at radius 2 is 2.22 bits per heavy atom. The van der Waals surface area contributed by atoms with E-state index < -0.39 is 10.0 Å². The van der Waals surface area contributed by atoms with Crippen molar-refractivity contribution in [3.8, 4) is 0 Å². The number of benzene rings is 1. The number of nitrogens with zero attached hydrogens (tertiary/aromatic N) is 2. The Bertz CT molecular complexity index is 613. The lowest BCUT2D eigenvalue weighted by Gasteiger charge is -2.05.